The molecule has 0 aliphatic carbocycles. The molecule has 71 heavy (non-hydrogen) atoms. The lowest BCUT2D eigenvalue weighted by Gasteiger charge is -2.34. The molecule has 4 nitrogen and oxygen atoms in total. The Bertz CT molecular complexity index is 3710. The van der Waals surface area contributed by atoms with Crippen LogP contribution in [0.15, 0.2) is 249 Å². The van der Waals surface area contributed by atoms with Gasteiger partial charge >= 0.3 is 0 Å². The van der Waals surface area contributed by atoms with Gasteiger partial charge in [0.2, 0.25) is 0 Å². The van der Waals surface area contributed by atoms with E-state index in [2.05, 4.69) is 238 Å². The molecule has 12 aromatic rings. The second-order valence-electron chi connectivity index (χ2n) is 18.6. The van der Waals surface area contributed by atoms with Gasteiger partial charge in [-0.25, -0.2) is 15.0 Å². The number of nitrogens with zero attached hydrogens (tertiary/aromatic N) is 4. The highest BCUT2D eigenvalue weighted by atomic mass is 28.3. The van der Waals surface area contributed by atoms with Gasteiger partial charge in [0.15, 0.2) is 25.5 Å². The molecule has 0 aliphatic heterocycles. The summed E-state index contributed by atoms with van der Waals surface area (Å²) in [5.41, 5.74) is 14.6. The first-order chi connectivity index (χ1) is 34.9. The van der Waals surface area contributed by atoms with Crippen LogP contribution in [0.25, 0.3) is 83.9 Å². The van der Waals surface area contributed by atoms with Gasteiger partial charge in [-0.3, -0.25) is 0 Å². The fraction of sp³-hybridized carbons (Fsp3) is 0.0455. The molecule has 2 aromatic heterocycles. The van der Waals surface area contributed by atoms with E-state index in [1.165, 1.54) is 59.3 Å². The van der Waals surface area contributed by atoms with Crippen LogP contribution in [0.3, 0.4) is 0 Å². The maximum atomic E-state index is 5.24. The van der Waals surface area contributed by atoms with E-state index in [-0.39, 0.29) is 0 Å². The van der Waals surface area contributed by atoms with Crippen LogP contribution in [0.4, 0.5) is 0 Å². The smallest absolute Gasteiger partial charge is 0.179 e. The van der Waals surface area contributed by atoms with Gasteiger partial charge in [0, 0.05) is 33.0 Å². The second kappa shape index (κ2) is 18.3. The van der Waals surface area contributed by atoms with E-state index < -0.39 is 8.07 Å². The minimum atomic E-state index is -2.86. The predicted molar refractivity (Wildman–Crippen MR) is 299 cm³/mol. The first kappa shape index (κ1) is 43.5. The van der Waals surface area contributed by atoms with Crippen molar-refractivity contribution >= 4 is 50.6 Å². The number of hydrogen-bond acceptors (Lipinski definition) is 3. The van der Waals surface area contributed by atoms with Crippen molar-refractivity contribution in [3.63, 3.8) is 0 Å². The van der Waals surface area contributed by atoms with Gasteiger partial charge in [-0.05, 0) is 93.6 Å². The van der Waals surface area contributed by atoms with Crippen molar-refractivity contribution < 1.29 is 0 Å². The minimum Gasteiger partial charge on any atom is -0.309 e. The quantitative estimate of drug-likeness (QED) is 0.101. The number of benzene rings is 10. The molecule has 0 spiro atoms. The van der Waals surface area contributed by atoms with Crippen molar-refractivity contribution in [2.45, 2.75) is 20.8 Å². The van der Waals surface area contributed by atoms with E-state index in [0.717, 1.165) is 44.5 Å². The standard InChI is InChI=1S/C66H50N4Si/c1-45-40-46(2)63(47(3)41-45)51-37-39-61-59(43-51)58-34-19-20-35-60(58)70(61)62-44-52(66-68-64(48-22-9-4-10-23-48)67-65(69-66)49-24-11-5-12-25-49)36-38-57(62)50-26-21-33-56(42-50)71(53-27-13-6-14-28-53,54-29-15-7-16-30-54)55-31-17-8-18-32-55/h4-44H,1-3H3. The van der Waals surface area contributed by atoms with E-state index in [9.17, 15) is 0 Å². The predicted octanol–water partition coefficient (Wildman–Crippen LogP) is 13.6. The average Bonchev–Trinajstić information content (AvgIpc) is 3.75. The molecular formula is C66H50N4Si. The van der Waals surface area contributed by atoms with Gasteiger partial charge in [-0.15, -0.1) is 0 Å². The van der Waals surface area contributed by atoms with Crippen LogP contribution >= 0.6 is 0 Å². The summed E-state index contributed by atoms with van der Waals surface area (Å²) in [7, 11) is -2.86. The first-order valence-corrected chi connectivity index (χ1v) is 26.3. The minimum absolute atomic E-state index is 0.608. The molecule has 0 N–H and O–H groups in total. The number of aromatic nitrogens is 4. The number of fused-ring (bicyclic) bond motifs is 3. The number of para-hydroxylation sites is 1. The molecule has 0 radical (unpaired) electrons. The number of aryl methyl sites for hydroxylation is 3. The number of rotatable bonds is 10. The summed E-state index contributed by atoms with van der Waals surface area (Å²) in [6.07, 6.45) is 0. The average molecular weight is 927 g/mol. The van der Waals surface area contributed by atoms with Crippen LogP contribution in [0.2, 0.25) is 0 Å². The third-order valence-electron chi connectivity index (χ3n) is 14.1. The summed E-state index contributed by atoms with van der Waals surface area (Å²) in [6.45, 7) is 6.64. The van der Waals surface area contributed by atoms with Crippen molar-refractivity contribution in [3.05, 3.63) is 265 Å². The zero-order chi connectivity index (χ0) is 47.9. The fourth-order valence-electron chi connectivity index (χ4n) is 11.0. The SMILES string of the molecule is Cc1cc(C)c(-c2ccc3c(c2)c2ccccc2n3-c2cc(-c3nc(-c4ccccc4)nc(-c4ccccc4)n3)ccc2-c2cccc([Si](c3ccccc3)(c3ccccc3)c3ccccc3)c2)c(C)c1. The molecular weight excluding hydrogens is 877 g/mol. The van der Waals surface area contributed by atoms with Crippen molar-refractivity contribution in [1.29, 1.82) is 0 Å². The van der Waals surface area contributed by atoms with Gasteiger partial charge in [-0.1, -0.05) is 230 Å². The molecule has 10 aromatic carbocycles. The fourth-order valence-corrected chi connectivity index (χ4v) is 15.8. The van der Waals surface area contributed by atoms with E-state index in [1.54, 1.807) is 0 Å². The largest absolute Gasteiger partial charge is 0.309 e. The summed E-state index contributed by atoms with van der Waals surface area (Å²) in [4.78, 5) is 15.5. The zero-order valence-corrected chi connectivity index (χ0v) is 41.0. The maximum Gasteiger partial charge on any atom is 0.179 e. The summed E-state index contributed by atoms with van der Waals surface area (Å²) in [6, 6.07) is 90.4. The summed E-state index contributed by atoms with van der Waals surface area (Å²) >= 11 is 0. The molecule has 0 aliphatic rings. The van der Waals surface area contributed by atoms with Crippen LogP contribution in [0.5, 0.6) is 0 Å². The normalized spacial score (nSPS) is 11.6. The van der Waals surface area contributed by atoms with E-state index in [1.807, 2.05) is 36.4 Å². The molecule has 5 heteroatoms. The maximum absolute atomic E-state index is 5.24. The van der Waals surface area contributed by atoms with Crippen LogP contribution in [-0.4, -0.2) is 27.6 Å². The van der Waals surface area contributed by atoms with E-state index in [0.29, 0.717) is 17.5 Å². The lowest BCUT2D eigenvalue weighted by molar-refractivity contribution is 1.07. The van der Waals surface area contributed by atoms with Gasteiger partial charge in [0.25, 0.3) is 0 Å². The van der Waals surface area contributed by atoms with Crippen molar-refractivity contribution in [2.75, 3.05) is 0 Å². The topological polar surface area (TPSA) is 43.6 Å². The molecule has 0 bridgehead atoms. The molecule has 2 heterocycles. The van der Waals surface area contributed by atoms with Gasteiger partial charge in [0.05, 0.1) is 16.7 Å². The summed E-state index contributed by atoms with van der Waals surface area (Å²) < 4.78 is 2.46. The van der Waals surface area contributed by atoms with Crippen molar-refractivity contribution in [3.8, 4) is 62.1 Å². The van der Waals surface area contributed by atoms with Gasteiger partial charge in [-0.2, -0.15) is 0 Å². The Kier molecular flexibility index (Phi) is 11.2. The molecule has 12 rings (SSSR count). The Morgan fingerprint density at radius 2 is 0.775 bits per heavy atom. The first-order valence-electron chi connectivity index (χ1n) is 24.3. The highest BCUT2D eigenvalue weighted by Gasteiger charge is 2.41. The summed E-state index contributed by atoms with van der Waals surface area (Å²) in [5.74, 6) is 1.86. The molecule has 0 atom stereocenters. The number of hydrogen-bond donors (Lipinski definition) is 0. The van der Waals surface area contributed by atoms with Crippen LogP contribution < -0.4 is 20.7 Å². The molecule has 338 valence electrons. The van der Waals surface area contributed by atoms with Crippen molar-refractivity contribution in [2.24, 2.45) is 0 Å². The molecule has 0 unspecified atom stereocenters. The molecule has 0 amide bonds. The van der Waals surface area contributed by atoms with E-state index >= 15 is 0 Å². The van der Waals surface area contributed by atoms with E-state index in [4.69, 9.17) is 15.0 Å². The second-order valence-corrected chi connectivity index (χ2v) is 22.4. The third-order valence-corrected chi connectivity index (χ3v) is 18.8. The van der Waals surface area contributed by atoms with Crippen LogP contribution in [-0.2, 0) is 0 Å². The molecule has 0 fully saturated rings. The van der Waals surface area contributed by atoms with Crippen LogP contribution in [0.1, 0.15) is 16.7 Å². The Labute approximate surface area is 416 Å². The monoisotopic (exact) mass is 926 g/mol. The Hall–Kier alpha value is -8.77. The van der Waals surface area contributed by atoms with Crippen molar-refractivity contribution in [1.82, 2.24) is 19.5 Å². The van der Waals surface area contributed by atoms with Gasteiger partial charge < -0.3 is 4.57 Å². The highest BCUT2D eigenvalue weighted by molar-refractivity contribution is 7.19. The zero-order valence-electron chi connectivity index (χ0n) is 40.0. The van der Waals surface area contributed by atoms with Crippen LogP contribution in [0, 0.1) is 20.8 Å². The van der Waals surface area contributed by atoms with Gasteiger partial charge in [0.1, 0.15) is 0 Å². The lowest BCUT2D eigenvalue weighted by Crippen LogP contribution is -2.74. The Balaban J connectivity index is 1.14. The Morgan fingerprint density at radius 3 is 1.34 bits per heavy atom. The molecule has 0 saturated heterocycles. The lowest BCUT2D eigenvalue weighted by atomic mass is 9.93. The third kappa shape index (κ3) is 7.77. The Morgan fingerprint density at radius 1 is 0.324 bits per heavy atom. The highest BCUT2D eigenvalue weighted by Crippen LogP contribution is 2.41. The molecule has 0 saturated carbocycles. The summed E-state index contributed by atoms with van der Waals surface area (Å²) in [5, 5.41) is 7.70.